The second-order valence-corrected chi connectivity index (χ2v) is 6.82. The molecule has 0 amide bonds. The summed E-state index contributed by atoms with van der Waals surface area (Å²) in [5, 5.41) is 10.7. The lowest BCUT2D eigenvalue weighted by molar-refractivity contribution is -0.151. The smallest absolute Gasteiger partial charge is 0.160 e. The molecule has 0 heterocycles. The summed E-state index contributed by atoms with van der Waals surface area (Å²) in [6.45, 7) is 4.19. The number of hydrogen-bond acceptors (Lipinski definition) is 6. The topological polar surface area (TPSA) is 89.9 Å². The summed E-state index contributed by atoms with van der Waals surface area (Å²) >= 11 is 0. The van der Waals surface area contributed by atoms with Crippen LogP contribution in [0.2, 0.25) is 0 Å². The first-order chi connectivity index (χ1) is 11.6. The lowest BCUT2D eigenvalue weighted by Crippen LogP contribution is -2.53. The van der Waals surface area contributed by atoms with Gasteiger partial charge in [0.15, 0.2) is 11.5 Å². The minimum Gasteiger partial charge on any atom is -0.493 e. The average molecular weight is 348 g/mol. The summed E-state index contributed by atoms with van der Waals surface area (Å²) in [6, 6.07) is 5.02. The fraction of sp³-hybridized carbons (Fsp3) is 0.526. The van der Waals surface area contributed by atoms with E-state index in [0.717, 1.165) is 0 Å². The molecule has 2 rings (SSSR count). The molecule has 6 nitrogen and oxygen atoms in total. The Hall–Kier alpha value is -2.21. The predicted octanol–water partition coefficient (Wildman–Crippen LogP) is 1.92. The zero-order valence-electron chi connectivity index (χ0n) is 15.2. The van der Waals surface area contributed by atoms with Gasteiger partial charge in [0.05, 0.1) is 31.7 Å². The summed E-state index contributed by atoms with van der Waals surface area (Å²) in [4.78, 5) is 37.0. The number of benzene rings is 1. The van der Waals surface area contributed by atoms with E-state index in [0.29, 0.717) is 17.1 Å². The van der Waals surface area contributed by atoms with Crippen LogP contribution in [0.15, 0.2) is 18.2 Å². The Bertz CT molecular complexity index is 706. The third kappa shape index (κ3) is 3.44. The molecule has 1 aliphatic rings. The zero-order chi connectivity index (χ0) is 18.9. The van der Waals surface area contributed by atoms with Gasteiger partial charge in [0.2, 0.25) is 0 Å². The largest absolute Gasteiger partial charge is 0.493 e. The lowest BCUT2D eigenvalue weighted by atomic mass is 9.60. The fourth-order valence-electron chi connectivity index (χ4n) is 3.97. The highest BCUT2D eigenvalue weighted by molar-refractivity contribution is 6.05. The van der Waals surface area contributed by atoms with Gasteiger partial charge < -0.3 is 14.6 Å². The van der Waals surface area contributed by atoms with Crippen LogP contribution < -0.4 is 9.47 Å². The summed E-state index contributed by atoms with van der Waals surface area (Å²) < 4.78 is 10.5. The van der Waals surface area contributed by atoms with E-state index in [-0.39, 0.29) is 23.8 Å². The second-order valence-electron chi connectivity index (χ2n) is 6.82. The average Bonchev–Trinajstić information content (AvgIpc) is 2.51. The van der Waals surface area contributed by atoms with Crippen LogP contribution in [0.5, 0.6) is 11.5 Å². The third-order valence-electron chi connectivity index (χ3n) is 4.94. The number of ether oxygens (including phenoxy) is 2. The molecule has 4 atom stereocenters. The second kappa shape index (κ2) is 6.96. The molecule has 0 bridgehead atoms. The number of rotatable bonds is 5. The molecule has 1 aromatic rings. The van der Waals surface area contributed by atoms with Crippen molar-refractivity contribution in [3.05, 3.63) is 23.8 Å². The molecule has 0 unspecified atom stereocenters. The van der Waals surface area contributed by atoms with Crippen LogP contribution in [-0.2, 0) is 14.4 Å². The fourth-order valence-corrected chi connectivity index (χ4v) is 3.97. The Balaban J connectivity index is 2.66. The molecule has 0 saturated heterocycles. The van der Waals surface area contributed by atoms with E-state index in [1.54, 1.807) is 18.2 Å². The number of Topliss-reactive ketones (excluding diaryl/α,β-unsaturated/α-hetero) is 3. The molecule has 25 heavy (non-hydrogen) atoms. The molecule has 1 aromatic carbocycles. The van der Waals surface area contributed by atoms with Gasteiger partial charge in [0, 0.05) is 12.3 Å². The van der Waals surface area contributed by atoms with E-state index in [1.165, 1.54) is 35.0 Å². The molecule has 0 aromatic heterocycles. The highest BCUT2D eigenvalue weighted by Gasteiger charge is 2.53. The number of methoxy groups -OCH3 is 2. The van der Waals surface area contributed by atoms with Crippen molar-refractivity contribution in [2.75, 3.05) is 14.2 Å². The molecular formula is C19H24O6. The number of carbonyl (C=O) groups excluding carboxylic acids is 3. The van der Waals surface area contributed by atoms with Crippen molar-refractivity contribution >= 4 is 17.3 Å². The van der Waals surface area contributed by atoms with Gasteiger partial charge in [0.1, 0.15) is 17.3 Å². The maximum absolute atomic E-state index is 12.5. The summed E-state index contributed by atoms with van der Waals surface area (Å²) in [6.07, 6.45) is -0.217. The third-order valence-corrected chi connectivity index (χ3v) is 4.94. The maximum atomic E-state index is 12.5. The molecule has 1 saturated carbocycles. The SMILES string of the molecule is COc1ccc([C@@H]2[C@H](C(C)=O)C(=O)C[C@](C)(O)[C@@H]2C(C)=O)cc1OC. The monoisotopic (exact) mass is 348 g/mol. The maximum Gasteiger partial charge on any atom is 0.160 e. The van der Waals surface area contributed by atoms with Crippen LogP contribution in [0.3, 0.4) is 0 Å². The van der Waals surface area contributed by atoms with E-state index in [9.17, 15) is 19.5 Å². The van der Waals surface area contributed by atoms with Gasteiger partial charge in [-0.3, -0.25) is 14.4 Å². The van der Waals surface area contributed by atoms with E-state index >= 15 is 0 Å². The van der Waals surface area contributed by atoms with Crippen molar-refractivity contribution in [3.63, 3.8) is 0 Å². The summed E-state index contributed by atoms with van der Waals surface area (Å²) in [7, 11) is 2.98. The first-order valence-corrected chi connectivity index (χ1v) is 8.12. The Labute approximate surface area is 147 Å². The van der Waals surface area contributed by atoms with Crippen molar-refractivity contribution in [2.24, 2.45) is 11.8 Å². The Morgan fingerprint density at radius 2 is 1.72 bits per heavy atom. The number of hydrogen-bond donors (Lipinski definition) is 1. The van der Waals surface area contributed by atoms with Crippen molar-refractivity contribution < 1.29 is 29.0 Å². The van der Waals surface area contributed by atoms with Gasteiger partial charge in [-0.25, -0.2) is 0 Å². The Kier molecular flexibility index (Phi) is 5.32. The van der Waals surface area contributed by atoms with E-state index in [4.69, 9.17) is 9.47 Å². The van der Waals surface area contributed by atoms with Crippen molar-refractivity contribution in [2.45, 2.75) is 38.7 Å². The van der Waals surface area contributed by atoms with Crippen LogP contribution in [0, 0.1) is 11.8 Å². The van der Waals surface area contributed by atoms with Gasteiger partial charge in [0.25, 0.3) is 0 Å². The minimum absolute atomic E-state index is 0.217. The normalized spacial score (nSPS) is 29.2. The van der Waals surface area contributed by atoms with Crippen molar-refractivity contribution in [1.82, 2.24) is 0 Å². The molecule has 1 aliphatic carbocycles. The van der Waals surface area contributed by atoms with Crippen LogP contribution >= 0.6 is 0 Å². The molecule has 0 spiro atoms. The van der Waals surface area contributed by atoms with Crippen LogP contribution in [0.25, 0.3) is 0 Å². The van der Waals surface area contributed by atoms with Crippen LogP contribution in [0.4, 0.5) is 0 Å². The molecule has 0 aliphatic heterocycles. The van der Waals surface area contributed by atoms with Crippen LogP contribution in [0.1, 0.15) is 38.7 Å². The van der Waals surface area contributed by atoms with Gasteiger partial charge in [-0.2, -0.15) is 0 Å². The van der Waals surface area contributed by atoms with Gasteiger partial charge in [-0.15, -0.1) is 0 Å². The molecule has 1 N–H and O–H groups in total. The van der Waals surface area contributed by atoms with Crippen molar-refractivity contribution in [3.8, 4) is 11.5 Å². The summed E-state index contributed by atoms with van der Waals surface area (Å²) in [5.41, 5.74) is -0.918. The lowest BCUT2D eigenvalue weighted by Gasteiger charge is -2.44. The van der Waals surface area contributed by atoms with E-state index in [2.05, 4.69) is 0 Å². The number of aliphatic hydroxyl groups is 1. The minimum atomic E-state index is -1.51. The Morgan fingerprint density at radius 3 is 2.20 bits per heavy atom. The van der Waals surface area contributed by atoms with Gasteiger partial charge in [-0.05, 0) is 38.5 Å². The Morgan fingerprint density at radius 1 is 1.12 bits per heavy atom. The van der Waals surface area contributed by atoms with Crippen LogP contribution in [-0.4, -0.2) is 42.3 Å². The van der Waals surface area contributed by atoms with E-state index in [1.807, 2.05) is 0 Å². The molecule has 0 radical (unpaired) electrons. The zero-order valence-corrected chi connectivity index (χ0v) is 15.2. The van der Waals surface area contributed by atoms with Gasteiger partial charge >= 0.3 is 0 Å². The number of ketones is 3. The molecular weight excluding hydrogens is 324 g/mol. The van der Waals surface area contributed by atoms with Crippen molar-refractivity contribution in [1.29, 1.82) is 0 Å². The predicted molar refractivity (Wildman–Crippen MR) is 90.9 cm³/mol. The molecule has 1 fully saturated rings. The van der Waals surface area contributed by atoms with E-state index < -0.39 is 23.4 Å². The first-order valence-electron chi connectivity index (χ1n) is 8.12. The van der Waals surface area contributed by atoms with Gasteiger partial charge in [-0.1, -0.05) is 6.07 Å². The first kappa shape index (κ1) is 19.1. The number of carbonyl (C=O) groups is 3. The summed E-state index contributed by atoms with van der Waals surface area (Å²) in [5.74, 6) is -2.57. The standard InChI is InChI=1S/C19H24O6/c1-10(20)16-13(22)9-19(3,23)18(11(2)21)17(16)12-6-7-14(24-4)15(8-12)25-5/h6-8,16-18,23H,9H2,1-5H3/t16-,17-,18-,19+/m1/s1. The quantitative estimate of drug-likeness (QED) is 0.818. The molecule has 6 heteroatoms. The highest BCUT2D eigenvalue weighted by atomic mass is 16.5. The molecule has 136 valence electrons. The highest BCUT2D eigenvalue weighted by Crippen LogP contribution is 2.47.